The van der Waals surface area contributed by atoms with Gasteiger partial charge in [-0.3, -0.25) is 9.59 Å². The number of carbonyl (C=O) groups excluding carboxylic acids is 2. The molecule has 0 aromatic heterocycles. The van der Waals surface area contributed by atoms with Crippen molar-refractivity contribution < 1.29 is 14.3 Å². The second kappa shape index (κ2) is 11.0. The van der Waals surface area contributed by atoms with E-state index in [1.807, 2.05) is 0 Å². The SMILES string of the molecule is CC(=O)Nc1ccc(C(=O)NN=Cc2cc(Cl)ccc2OCc2ccc(Cl)cc2Cl)cc1. The van der Waals surface area contributed by atoms with Gasteiger partial charge in [0.2, 0.25) is 5.91 Å². The average Bonchev–Trinajstić information content (AvgIpc) is 2.74. The number of amides is 2. The zero-order valence-electron chi connectivity index (χ0n) is 16.9. The molecule has 0 fully saturated rings. The number of nitrogens with one attached hydrogen (secondary N) is 2. The molecule has 164 valence electrons. The summed E-state index contributed by atoms with van der Waals surface area (Å²) in [5.74, 6) is -0.0872. The fourth-order valence-corrected chi connectivity index (χ4v) is 3.32. The number of carbonyl (C=O) groups is 2. The summed E-state index contributed by atoms with van der Waals surface area (Å²) < 4.78 is 5.86. The van der Waals surface area contributed by atoms with Gasteiger partial charge in [0.1, 0.15) is 12.4 Å². The lowest BCUT2D eigenvalue weighted by Crippen LogP contribution is -2.17. The highest BCUT2D eigenvalue weighted by Gasteiger charge is 2.08. The Hall–Kier alpha value is -3.06. The van der Waals surface area contributed by atoms with E-state index < -0.39 is 5.91 Å². The Morgan fingerprint density at radius 1 is 0.969 bits per heavy atom. The maximum absolute atomic E-state index is 12.3. The summed E-state index contributed by atoms with van der Waals surface area (Å²) in [5, 5.41) is 8.16. The molecule has 0 aliphatic rings. The third-order valence-corrected chi connectivity index (χ3v) is 5.03. The van der Waals surface area contributed by atoms with Gasteiger partial charge < -0.3 is 10.1 Å². The quantitative estimate of drug-likeness (QED) is 0.317. The lowest BCUT2D eigenvalue weighted by Gasteiger charge is -2.11. The largest absolute Gasteiger partial charge is 0.488 e. The second-order valence-electron chi connectivity index (χ2n) is 6.66. The Bertz CT molecular complexity index is 1160. The van der Waals surface area contributed by atoms with Gasteiger partial charge in [-0.1, -0.05) is 40.9 Å². The van der Waals surface area contributed by atoms with Crippen molar-refractivity contribution in [2.75, 3.05) is 5.32 Å². The smallest absolute Gasteiger partial charge is 0.271 e. The van der Waals surface area contributed by atoms with Crippen LogP contribution in [-0.2, 0) is 11.4 Å². The van der Waals surface area contributed by atoms with Crippen LogP contribution in [0.3, 0.4) is 0 Å². The van der Waals surface area contributed by atoms with Gasteiger partial charge in [-0.25, -0.2) is 5.43 Å². The zero-order chi connectivity index (χ0) is 23.1. The third kappa shape index (κ3) is 6.72. The molecule has 0 saturated carbocycles. The van der Waals surface area contributed by atoms with Gasteiger partial charge in [0, 0.05) is 44.4 Å². The molecule has 0 radical (unpaired) electrons. The van der Waals surface area contributed by atoms with Gasteiger partial charge in [-0.05, 0) is 54.6 Å². The van der Waals surface area contributed by atoms with E-state index in [9.17, 15) is 9.59 Å². The predicted molar refractivity (Wildman–Crippen MR) is 128 cm³/mol. The van der Waals surface area contributed by atoms with Crippen molar-refractivity contribution in [1.82, 2.24) is 5.43 Å². The molecule has 0 heterocycles. The fraction of sp³-hybridized carbons (Fsp3) is 0.0870. The van der Waals surface area contributed by atoms with Gasteiger partial charge in [-0.15, -0.1) is 0 Å². The molecule has 0 spiro atoms. The number of nitrogens with zero attached hydrogens (tertiary/aromatic N) is 1. The summed E-state index contributed by atoms with van der Waals surface area (Å²) in [6.45, 7) is 1.62. The van der Waals surface area contributed by atoms with Crippen LogP contribution in [0.1, 0.15) is 28.4 Å². The molecule has 0 bridgehead atoms. The molecule has 3 aromatic rings. The van der Waals surface area contributed by atoms with Gasteiger partial charge >= 0.3 is 0 Å². The van der Waals surface area contributed by atoms with E-state index in [1.54, 1.807) is 60.7 Å². The molecule has 0 aliphatic carbocycles. The number of hydrazone groups is 1. The van der Waals surface area contributed by atoms with E-state index in [1.165, 1.54) is 13.1 Å². The first-order chi connectivity index (χ1) is 15.3. The number of anilines is 1. The minimum atomic E-state index is -0.409. The summed E-state index contributed by atoms with van der Waals surface area (Å²) in [4.78, 5) is 23.4. The maximum atomic E-state index is 12.3. The van der Waals surface area contributed by atoms with Crippen LogP contribution in [0.15, 0.2) is 65.8 Å². The number of ether oxygens (including phenoxy) is 1. The molecule has 2 amide bonds. The standard InChI is InChI=1S/C23H18Cl3N3O3/c1-14(30)28-20-7-3-15(4-8-20)23(31)29-27-12-17-10-18(24)6-9-22(17)32-13-16-2-5-19(25)11-21(16)26/h2-12H,13H2,1H3,(H,28,30)(H,29,31). The fourth-order valence-electron chi connectivity index (χ4n) is 2.68. The molecule has 2 N–H and O–H groups in total. The Morgan fingerprint density at radius 3 is 2.34 bits per heavy atom. The maximum Gasteiger partial charge on any atom is 0.271 e. The molecule has 0 atom stereocenters. The summed E-state index contributed by atoms with van der Waals surface area (Å²) in [5.41, 5.74) is 4.78. The van der Waals surface area contributed by atoms with Crippen LogP contribution >= 0.6 is 34.8 Å². The summed E-state index contributed by atoms with van der Waals surface area (Å²) in [7, 11) is 0. The highest BCUT2D eigenvalue weighted by molar-refractivity contribution is 6.35. The second-order valence-corrected chi connectivity index (χ2v) is 7.94. The van der Waals surface area contributed by atoms with Crippen LogP contribution in [0.4, 0.5) is 5.69 Å². The number of benzene rings is 3. The monoisotopic (exact) mass is 489 g/mol. The van der Waals surface area contributed by atoms with Gasteiger partial charge in [0.05, 0.1) is 6.21 Å². The van der Waals surface area contributed by atoms with Crippen molar-refractivity contribution in [2.45, 2.75) is 13.5 Å². The van der Waals surface area contributed by atoms with E-state index >= 15 is 0 Å². The average molecular weight is 491 g/mol. The van der Waals surface area contributed by atoms with E-state index in [2.05, 4.69) is 15.8 Å². The third-order valence-electron chi connectivity index (χ3n) is 4.21. The van der Waals surface area contributed by atoms with E-state index in [0.29, 0.717) is 37.6 Å². The predicted octanol–water partition coefficient (Wildman–Crippen LogP) is 5.95. The molecule has 0 aliphatic heterocycles. The normalized spacial score (nSPS) is 10.8. The minimum absolute atomic E-state index is 0.190. The van der Waals surface area contributed by atoms with Gasteiger partial charge in [-0.2, -0.15) is 5.10 Å². The van der Waals surface area contributed by atoms with Gasteiger partial charge in [0.25, 0.3) is 5.91 Å². The van der Waals surface area contributed by atoms with Crippen molar-refractivity contribution in [3.63, 3.8) is 0 Å². The number of halogens is 3. The molecule has 0 saturated heterocycles. The van der Waals surface area contributed by atoms with E-state index in [-0.39, 0.29) is 12.5 Å². The first kappa shape index (κ1) is 23.6. The zero-order valence-corrected chi connectivity index (χ0v) is 19.1. The van der Waals surface area contributed by atoms with E-state index in [0.717, 1.165) is 5.56 Å². The molecule has 6 nitrogen and oxygen atoms in total. The van der Waals surface area contributed by atoms with Crippen LogP contribution in [0.5, 0.6) is 5.75 Å². The lowest BCUT2D eigenvalue weighted by molar-refractivity contribution is -0.114. The van der Waals surface area contributed by atoms with Crippen molar-refractivity contribution >= 4 is 58.5 Å². The van der Waals surface area contributed by atoms with Crippen LogP contribution < -0.4 is 15.5 Å². The Morgan fingerprint density at radius 2 is 1.66 bits per heavy atom. The first-order valence-corrected chi connectivity index (χ1v) is 10.5. The number of hydrogen-bond acceptors (Lipinski definition) is 4. The number of rotatable bonds is 7. The minimum Gasteiger partial charge on any atom is -0.488 e. The molecule has 0 unspecified atom stereocenters. The topological polar surface area (TPSA) is 79.8 Å². The molecule has 3 aromatic carbocycles. The first-order valence-electron chi connectivity index (χ1n) is 9.39. The summed E-state index contributed by atoms with van der Waals surface area (Å²) in [6.07, 6.45) is 1.44. The highest BCUT2D eigenvalue weighted by Crippen LogP contribution is 2.25. The van der Waals surface area contributed by atoms with Crippen molar-refractivity contribution in [2.24, 2.45) is 5.10 Å². The van der Waals surface area contributed by atoms with Gasteiger partial charge in [0.15, 0.2) is 0 Å². The van der Waals surface area contributed by atoms with Crippen molar-refractivity contribution in [1.29, 1.82) is 0 Å². The molecule has 32 heavy (non-hydrogen) atoms. The Kier molecular flexibility index (Phi) is 8.11. The molecule has 9 heteroatoms. The summed E-state index contributed by atoms with van der Waals surface area (Å²) >= 11 is 18.2. The molecular formula is C23H18Cl3N3O3. The van der Waals surface area contributed by atoms with Crippen LogP contribution in [0.2, 0.25) is 15.1 Å². The van der Waals surface area contributed by atoms with Crippen molar-refractivity contribution in [3.8, 4) is 5.75 Å². The summed E-state index contributed by atoms with van der Waals surface area (Å²) in [6, 6.07) is 16.6. The van der Waals surface area contributed by atoms with Crippen LogP contribution in [-0.4, -0.2) is 18.0 Å². The molecular weight excluding hydrogens is 473 g/mol. The van der Waals surface area contributed by atoms with Crippen molar-refractivity contribution in [3.05, 3.63) is 92.4 Å². The van der Waals surface area contributed by atoms with Crippen LogP contribution in [0.25, 0.3) is 0 Å². The lowest BCUT2D eigenvalue weighted by atomic mass is 10.2. The highest BCUT2D eigenvalue weighted by atomic mass is 35.5. The number of hydrogen-bond donors (Lipinski definition) is 2. The Balaban J connectivity index is 1.66. The van der Waals surface area contributed by atoms with E-state index in [4.69, 9.17) is 39.5 Å². The Labute approximate surface area is 200 Å². The molecule has 3 rings (SSSR count). The van der Waals surface area contributed by atoms with Crippen LogP contribution in [0, 0.1) is 0 Å².